The number of nitrogens with one attached hydrogen (secondary N) is 1. The first-order chi connectivity index (χ1) is 16.0. The van der Waals surface area contributed by atoms with E-state index in [4.69, 9.17) is 37.4 Å². The van der Waals surface area contributed by atoms with Crippen LogP contribution in [0.25, 0.3) is 0 Å². The van der Waals surface area contributed by atoms with E-state index < -0.39 is 0 Å². The molecule has 172 valence electrons. The SMILES string of the molecule is COc1cc(/C=N\NC(=O)CCCOc2ccc(Cl)cc2Cl)ccc1OCc1ccccc1. The highest BCUT2D eigenvalue weighted by Crippen LogP contribution is 2.29. The smallest absolute Gasteiger partial charge is 0.240 e. The lowest BCUT2D eigenvalue weighted by Gasteiger charge is -2.11. The van der Waals surface area contributed by atoms with Crippen molar-refractivity contribution in [2.45, 2.75) is 19.4 Å². The average Bonchev–Trinajstić information content (AvgIpc) is 2.82. The maximum Gasteiger partial charge on any atom is 0.240 e. The van der Waals surface area contributed by atoms with Crippen LogP contribution < -0.4 is 19.6 Å². The van der Waals surface area contributed by atoms with Gasteiger partial charge in [0.15, 0.2) is 11.5 Å². The summed E-state index contributed by atoms with van der Waals surface area (Å²) in [4.78, 5) is 12.0. The van der Waals surface area contributed by atoms with Crippen LogP contribution in [0.2, 0.25) is 10.0 Å². The fourth-order valence-corrected chi connectivity index (χ4v) is 3.32. The number of benzene rings is 3. The Kier molecular flexibility index (Phi) is 9.42. The van der Waals surface area contributed by atoms with Crippen molar-refractivity contribution in [2.24, 2.45) is 5.10 Å². The third kappa shape index (κ3) is 8.00. The van der Waals surface area contributed by atoms with Crippen LogP contribution in [0.15, 0.2) is 71.8 Å². The average molecular weight is 487 g/mol. The van der Waals surface area contributed by atoms with Crippen LogP contribution >= 0.6 is 23.2 Å². The number of ether oxygens (including phenoxy) is 3. The van der Waals surface area contributed by atoms with Gasteiger partial charge < -0.3 is 14.2 Å². The summed E-state index contributed by atoms with van der Waals surface area (Å²) in [6.07, 6.45) is 2.32. The first-order valence-electron chi connectivity index (χ1n) is 10.3. The lowest BCUT2D eigenvalue weighted by atomic mass is 10.2. The summed E-state index contributed by atoms with van der Waals surface area (Å²) in [5.74, 6) is 1.53. The van der Waals surface area contributed by atoms with Gasteiger partial charge in [-0.15, -0.1) is 0 Å². The Balaban J connectivity index is 1.42. The fourth-order valence-electron chi connectivity index (χ4n) is 2.86. The molecule has 0 fully saturated rings. The highest BCUT2D eigenvalue weighted by Gasteiger charge is 2.07. The molecule has 0 aliphatic rings. The number of hydrazone groups is 1. The van der Waals surface area contributed by atoms with Crippen molar-refractivity contribution < 1.29 is 19.0 Å². The number of hydrogen-bond acceptors (Lipinski definition) is 5. The van der Waals surface area contributed by atoms with Crippen LogP contribution in [-0.2, 0) is 11.4 Å². The van der Waals surface area contributed by atoms with E-state index in [-0.39, 0.29) is 12.3 Å². The lowest BCUT2D eigenvalue weighted by Crippen LogP contribution is -2.18. The largest absolute Gasteiger partial charge is 0.493 e. The molecule has 3 rings (SSSR count). The van der Waals surface area contributed by atoms with Gasteiger partial charge in [-0.05, 0) is 53.9 Å². The molecule has 0 aromatic heterocycles. The Morgan fingerprint density at radius 3 is 2.52 bits per heavy atom. The Bertz CT molecular complexity index is 1090. The maximum atomic E-state index is 12.0. The number of methoxy groups -OCH3 is 1. The van der Waals surface area contributed by atoms with E-state index in [2.05, 4.69) is 10.5 Å². The second kappa shape index (κ2) is 12.7. The van der Waals surface area contributed by atoms with E-state index in [9.17, 15) is 4.79 Å². The minimum absolute atomic E-state index is 0.216. The minimum Gasteiger partial charge on any atom is -0.493 e. The third-order valence-electron chi connectivity index (χ3n) is 4.53. The van der Waals surface area contributed by atoms with E-state index in [0.717, 1.165) is 11.1 Å². The van der Waals surface area contributed by atoms with E-state index in [1.54, 1.807) is 37.6 Å². The van der Waals surface area contributed by atoms with Crippen molar-refractivity contribution in [3.8, 4) is 17.2 Å². The van der Waals surface area contributed by atoms with Crippen LogP contribution in [-0.4, -0.2) is 25.8 Å². The number of carbonyl (C=O) groups is 1. The number of rotatable bonds is 11. The summed E-state index contributed by atoms with van der Waals surface area (Å²) >= 11 is 11.9. The quantitative estimate of drug-likeness (QED) is 0.208. The Labute approximate surface area is 203 Å². The van der Waals surface area contributed by atoms with Crippen LogP contribution in [0.5, 0.6) is 17.2 Å². The lowest BCUT2D eigenvalue weighted by molar-refractivity contribution is -0.121. The molecular weight excluding hydrogens is 463 g/mol. The Morgan fingerprint density at radius 1 is 0.970 bits per heavy atom. The molecule has 33 heavy (non-hydrogen) atoms. The first-order valence-corrected chi connectivity index (χ1v) is 11.1. The zero-order valence-corrected chi connectivity index (χ0v) is 19.6. The van der Waals surface area contributed by atoms with Gasteiger partial charge in [0.1, 0.15) is 12.4 Å². The van der Waals surface area contributed by atoms with Crippen LogP contribution in [0.1, 0.15) is 24.0 Å². The summed E-state index contributed by atoms with van der Waals surface area (Å²) in [5.41, 5.74) is 4.34. The molecule has 0 radical (unpaired) electrons. The normalized spacial score (nSPS) is 10.8. The van der Waals surface area contributed by atoms with Crippen molar-refractivity contribution in [2.75, 3.05) is 13.7 Å². The number of nitrogens with zero attached hydrogens (tertiary/aromatic N) is 1. The van der Waals surface area contributed by atoms with E-state index in [1.807, 2.05) is 42.5 Å². The Morgan fingerprint density at radius 2 is 1.76 bits per heavy atom. The first kappa shape index (κ1) is 24.4. The summed E-state index contributed by atoms with van der Waals surface area (Å²) in [6.45, 7) is 0.786. The van der Waals surface area contributed by atoms with Gasteiger partial charge in [-0.2, -0.15) is 5.10 Å². The molecule has 0 aliphatic carbocycles. The predicted octanol–water partition coefficient (Wildman–Crippen LogP) is 5.89. The molecule has 6 nitrogen and oxygen atoms in total. The van der Waals surface area contributed by atoms with Gasteiger partial charge in [0.05, 0.1) is 25.0 Å². The Hall–Kier alpha value is -3.22. The molecule has 0 heterocycles. The molecular formula is C25H24Cl2N2O4. The number of amides is 1. The second-order valence-corrected chi connectivity index (χ2v) is 7.85. The van der Waals surface area contributed by atoms with Crippen molar-refractivity contribution in [1.29, 1.82) is 0 Å². The zero-order chi connectivity index (χ0) is 23.5. The topological polar surface area (TPSA) is 69.2 Å². The van der Waals surface area contributed by atoms with Crippen LogP contribution in [0.3, 0.4) is 0 Å². The molecule has 1 amide bonds. The van der Waals surface area contributed by atoms with Gasteiger partial charge in [0.25, 0.3) is 0 Å². The van der Waals surface area contributed by atoms with E-state index >= 15 is 0 Å². The van der Waals surface area contributed by atoms with Gasteiger partial charge in [-0.3, -0.25) is 4.79 Å². The molecule has 8 heteroatoms. The van der Waals surface area contributed by atoms with Crippen molar-refractivity contribution in [1.82, 2.24) is 5.43 Å². The summed E-state index contributed by atoms with van der Waals surface area (Å²) in [5, 5.41) is 4.98. The van der Waals surface area contributed by atoms with Crippen LogP contribution in [0.4, 0.5) is 0 Å². The summed E-state index contributed by atoms with van der Waals surface area (Å²) < 4.78 is 16.8. The standard InChI is InChI=1S/C25H24Cl2N2O4/c1-31-24-14-19(9-11-23(24)33-17-18-6-3-2-4-7-18)16-28-29-25(30)8-5-13-32-22-12-10-20(26)15-21(22)27/h2-4,6-7,9-12,14-16H,5,8,13,17H2,1H3,(H,29,30)/b28-16-. The van der Waals surface area contributed by atoms with Gasteiger partial charge >= 0.3 is 0 Å². The number of carbonyl (C=O) groups excluding carboxylic acids is 1. The van der Waals surface area contributed by atoms with Crippen LogP contribution in [0, 0.1) is 0 Å². The molecule has 1 N–H and O–H groups in total. The molecule has 3 aromatic rings. The number of halogens is 2. The summed E-state index contributed by atoms with van der Waals surface area (Å²) in [6, 6.07) is 20.3. The fraction of sp³-hybridized carbons (Fsp3) is 0.200. The monoisotopic (exact) mass is 486 g/mol. The van der Waals surface area contributed by atoms with Gasteiger partial charge in [-0.25, -0.2) is 5.43 Å². The highest BCUT2D eigenvalue weighted by atomic mass is 35.5. The summed E-state index contributed by atoms with van der Waals surface area (Å²) in [7, 11) is 1.58. The molecule has 3 aromatic carbocycles. The van der Waals surface area contributed by atoms with E-state index in [0.29, 0.717) is 46.9 Å². The number of hydrogen-bond donors (Lipinski definition) is 1. The van der Waals surface area contributed by atoms with Gasteiger partial charge in [0, 0.05) is 11.4 Å². The van der Waals surface area contributed by atoms with Crippen molar-refractivity contribution >= 4 is 35.3 Å². The minimum atomic E-state index is -0.216. The van der Waals surface area contributed by atoms with E-state index in [1.165, 1.54) is 0 Å². The molecule has 0 bridgehead atoms. The van der Waals surface area contributed by atoms with Gasteiger partial charge in [-0.1, -0.05) is 53.5 Å². The van der Waals surface area contributed by atoms with Gasteiger partial charge in [0.2, 0.25) is 5.91 Å². The molecule has 0 spiro atoms. The molecule has 0 aliphatic heterocycles. The predicted molar refractivity (Wildman–Crippen MR) is 131 cm³/mol. The molecule has 0 unspecified atom stereocenters. The molecule has 0 saturated carbocycles. The zero-order valence-electron chi connectivity index (χ0n) is 18.1. The molecule has 0 saturated heterocycles. The molecule has 0 atom stereocenters. The highest BCUT2D eigenvalue weighted by molar-refractivity contribution is 6.35. The second-order valence-electron chi connectivity index (χ2n) is 7.00. The maximum absolute atomic E-state index is 12.0. The van der Waals surface area contributed by atoms with Crippen molar-refractivity contribution in [3.05, 3.63) is 87.9 Å². The third-order valence-corrected chi connectivity index (χ3v) is 5.06. The van der Waals surface area contributed by atoms with Crippen molar-refractivity contribution in [3.63, 3.8) is 0 Å².